The van der Waals surface area contributed by atoms with Crippen LogP contribution >= 0.6 is 0 Å². The Bertz CT molecular complexity index is 831. The maximum absolute atomic E-state index is 12.4. The first kappa shape index (κ1) is 19.5. The Hall–Kier alpha value is -3.22. The molecule has 0 aromatic heterocycles. The molecule has 28 heavy (non-hydrogen) atoms. The normalized spacial score (nSPS) is 13.8. The minimum atomic E-state index is -0.571. The van der Waals surface area contributed by atoms with Gasteiger partial charge in [0.25, 0.3) is 5.91 Å². The first-order valence-electron chi connectivity index (χ1n) is 9.10. The number of benzene rings is 2. The monoisotopic (exact) mass is 384 g/mol. The first-order chi connectivity index (χ1) is 13.6. The maximum atomic E-state index is 12.4. The molecule has 2 aromatic carbocycles. The molecule has 3 rings (SSSR count). The topological polar surface area (TPSA) is 68.3 Å². The third-order valence-corrected chi connectivity index (χ3v) is 4.71. The van der Waals surface area contributed by atoms with Gasteiger partial charge in [0.15, 0.2) is 6.61 Å². The molecule has 0 atom stereocenters. The molecule has 7 heteroatoms. The summed E-state index contributed by atoms with van der Waals surface area (Å²) >= 11 is 0. The Balaban J connectivity index is 1.52. The zero-order valence-electron chi connectivity index (χ0n) is 16.1. The molecule has 0 unspecified atom stereocenters. The number of esters is 1. The van der Waals surface area contributed by atoms with Gasteiger partial charge in [-0.05, 0) is 24.3 Å². The quantitative estimate of drug-likeness (QED) is 0.712. The van der Waals surface area contributed by atoms with E-state index in [1.54, 1.807) is 36.3 Å². The minimum absolute atomic E-state index is 0.206. The average Bonchev–Trinajstić information content (AvgIpc) is 2.77. The number of hydrogen-bond donors (Lipinski definition) is 0. The Morgan fingerprint density at radius 1 is 0.857 bits per heavy atom. The Kier molecular flexibility index (Phi) is 6.37. The van der Waals surface area contributed by atoms with Gasteiger partial charge < -0.3 is 24.0 Å². The van der Waals surface area contributed by atoms with Crippen LogP contribution in [-0.2, 0) is 9.53 Å². The molecule has 1 fully saturated rings. The number of para-hydroxylation sites is 3. The second-order valence-corrected chi connectivity index (χ2v) is 6.32. The van der Waals surface area contributed by atoms with Crippen molar-refractivity contribution in [2.45, 2.75) is 0 Å². The van der Waals surface area contributed by atoms with E-state index in [-0.39, 0.29) is 12.5 Å². The van der Waals surface area contributed by atoms with Crippen molar-refractivity contribution in [3.8, 4) is 11.5 Å². The van der Waals surface area contributed by atoms with Crippen LogP contribution in [0.1, 0.15) is 10.4 Å². The number of carbonyl (C=O) groups excluding carboxylic acids is 2. The molecule has 0 spiro atoms. The standard InChI is InChI=1S/C21H24N2O5/c1-26-18-9-5-3-7-16(18)21(25)28-15-20(24)23-13-11-22(12-14-23)17-8-4-6-10-19(17)27-2/h3-10H,11-15H2,1-2H3. The number of rotatable bonds is 6. The summed E-state index contributed by atoms with van der Waals surface area (Å²) in [5.41, 5.74) is 1.32. The van der Waals surface area contributed by atoms with Crippen LogP contribution in [0.15, 0.2) is 48.5 Å². The fraction of sp³-hybridized carbons (Fsp3) is 0.333. The highest BCUT2D eigenvalue weighted by Gasteiger charge is 2.24. The summed E-state index contributed by atoms with van der Waals surface area (Å²) in [6.45, 7) is 2.21. The SMILES string of the molecule is COc1ccccc1C(=O)OCC(=O)N1CCN(c2ccccc2OC)CC1. The lowest BCUT2D eigenvalue weighted by atomic mass is 10.2. The summed E-state index contributed by atoms with van der Waals surface area (Å²) in [4.78, 5) is 28.5. The molecule has 2 aromatic rings. The fourth-order valence-corrected chi connectivity index (χ4v) is 3.20. The molecular weight excluding hydrogens is 360 g/mol. The van der Waals surface area contributed by atoms with Gasteiger partial charge in [0, 0.05) is 26.2 Å². The van der Waals surface area contributed by atoms with Crippen LogP contribution in [0.4, 0.5) is 5.69 Å². The largest absolute Gasteiger partial charge is 0.496 e. The predicted octanol–water partition coefficient (Wildman–Crippen LogP) is 2.21. The smallest absolute Gasteiger partial charge is 0.342 e. The molecule has 0 N–H and O–H groups in total. The number of ether oxygens (including phenoxy) is 3. The van der Waals surface area contributed by atoms with Crippen LogP contribution in [-0.4, -0.2) is 63.8 Å². The zero-order valence-corrected chi connectivity index (χ0v) is 16.1. The minimum Gasteiger partial charge on any atom is -0.496 e. The zero-order chi connectivity index (χ0) is 19.9. The summed E-state index contributed by atoms with van der Waals surface area (Å²) in [6, 6.07) is 14.6. The average molecular weight is 384 g/mol. The molecule has 148 valence electrons. The van der Waals surface area contributed by atoms with Crippen LogP contribution < -0.4 is 14.4 Å². The van der Waals surface area contributed by atoms with E-state index in [0.29, 0.717) is 37.5 Å². The van der Waals surface area contributed by atoms with Crippen LogP contribution in [0.3, 0.4) is 0 Å². The molecule has 1 aliphatic heterocycles. The van der Waals surface area contributed by atoms with Gasteiger partial charge in [0.2, 0.25) is 0 Å². The van der Waals surface area contributed by atoms with Gasteiger partial charge in [0.1, 0.15) is 17.1 Å². The van der Waals surface area contributed by atoms with Crippen molar-refractivity contribution in [3.05, 3.63) is 54.1 Å². The van der Waals surface area contributed by atoms with E-state index < -0.39 is 5.97 Å². The molecule has 1 saturated heterocycles. The Morgan fingerprint density at radius 2 is 1.46 bits per heavy atom. The van der Waals surface area contributed by atoms with E-state index in [1.807, 2.05) is 24.3 Å². The maximum Gasteiger partial charge on any atom is 0.342 e. The second-order valence-electron chi connectivity index (χ2n) is 6.32. The summed E-state index contributed by atoms with van der Waals surface area (Å²) in [5, 5.41) is 0. The van der Waals surface area contributed by atoms with E-state index >= 15 is 0 Å². The number of carbonyl (C=O) groups is 2. The molecule has 1 heterocycles. The third kappa shape index (κ3) is 4.36. The molecule has 0 aliphatic carbocycles. The number of amides is 1. The van der Waals surface area contributed by atoms with Crippen molar-refractivity contribution >= 4 is 17.6 Å². The van der Waals surface area contributed by atoms with Gasteiger partial charge in [-0.25, -0.2) is 4.79 Å². The number of piperazine rings is 1. The molecule has 0 radical (unpaired) electrons. The van der Waals surface area contributed by atoms with E-state index in [2.05, 4.69) is 4.90 Å². The van der Waals surface area contributed by atoms with Gasteiger partial charge in [-0.15, -0.1) is 0 Å². The highest BCUT2D eigenvalue weighted by atomic mass is 16.5. The van der Waals surface area contributed by atoms with Gasteiger partial charge >= 0.3 is 5.97 Å². The lowest BCUT2D eigenvalue weighted by Gasteiger charge is -2.36. The lowest BCUT2D eigenvalue weighted by molar-refractivity contribution is -0.134. The van der Waals surface area contributed by atoms with Crippen molar-refractivity contribution in [1.29, 1.82) is 0 Å². The molecule has 0 saturated carbocycles. The molecule has 1 aliphatic rings. The van der Waals surface area contributed by atoms with Crippen molar-refractivity contribution in [1.82, 2.24) is 4.90 Å². The van der Waals surface area contributed by atoms with Crippen LogP contribution in [0.2, 0.25) is 0 Å². The lowest BCUT2D eigenvalue weighted by Crippen LogP contribution is -2.50. The number of hydrogen-bond acceptors (Lipinski definition) is 6. The van der Waals surface area contributed by atoms with E-state index in [9.17, 15) is 9.59 Å². The fourth-order valence-electron chi connectivity index (χ4n) is 3.20. The van der Waals surface area contributed by atoms with Crippen molar-refractivity contribution in [2.24, 2.45) is 0 Å². The Morgan fingerprint density at radius 3 is 2.14 bits per heavy atom. The highest BCUT2D eigenvalue weighted by molar-refractivity contribution is 5.94. The van der Waals surface area contributed by atoms with Crippen LogP contribution in [0.25, 0.3) is 0 Å². The van der Waals surface area contributed by atoms with E-state index in [1.165, 1.54) is 7.11 Å². The summed E-state index contributed by atoms with van der Waals surface area (Å²) in [5.74, 6) is 0.458. The highest BCUT2D eigenvalue weighted by Crippen LogP contribution is 2.28. The Labute approximate surface area is 164 Å². The number of anilines is 1. The molecular formula is C21H24N2O5. The van der Waals surface area contributed by atoms with Gasteiger partial charge in [-0.2, -0.15) is 0 Å². The first-order valence-corrected chi connectivity index (χ1v) is 9.10. The molecule has 1 amide bonds. The van der Waals surface area contributed by atoms with Crippen molar-refractivity contribution in [3.63, 3.8) is 0 Å². The van der Waals surface area contributed by atoms with Crippen molar-refractivity contribution in [2.75, 3.05) is 51.9 Å². The summed E-state index contributed by atoms with van der Waals surface area (Å²) in [6.07, 6.45) is 0. The third-order valence-electron chi connectivity index (χ3n) is 4.71. The van der Waals surface area contributed by atoms with Gasteiger partial charge in [-0.1, -0.05) is 24.3 Å². The van der Waals surface area contributed by atoms with Crippen LogP contribution in [0.5, 0.6) is 11.5 Å². The van der Waals surface area contributed by atoms with E-state index in [0.717, 1.165) is 11.4 Å². The molecule has 0 bridgehead atoms. The second kappa shape index (κ2) is 9.12. The number of nitrogens with zero attached hydrogens (tertiary/aromatic N) is 2. The van der Waals surface area contributed by atoms with Gasteiger partial charge in [-0.3, -0.25) is 4.79 Å². The van der Waals surface area contributed by atoms with E-state index in [4.69, 9.17) is 14.2 Å². The number of methoxy groups -OCH3 is 2. The molecule has 7 nitrogen and oxygen atoms in total. The van der Waals surface area contributed by atoms with Crippen molar-refractivity contribution < 1.29 is 23.8 Å². The predicted molar refractivity (Wildman–Crippen MR) is 105 cm³/mol. The summed E-state index contributed by atoms with van der Waals surface area (Å²) in [7, 11) is 3.13. The summed E-state index contributed by atoms with van der Waals surface area (Å²) < 4.78 is 15.7. The van der Waals surface area contributed by atoms with Crippen LogP contribution in [0, 0.1) is 0 Å². The van der Waals surface area contributed by atoms with Gasteiger partial charge in [0.05, 0.1) is 19.9 Å².